The Kier molecular flexibility index (Phi) is 4.16. The lowest BCUT2D eigenvalue weighted by Gasteiger charge is -2.05. The molecule has 0 amide bonds. The first-order valence-corrected chi connectivity index (χ1v) is 7.53. The molecule has 0 radical (unpaired) electrons. The normalized spacial score (nSPS) is 18.0. The van der Waals surface area contributed by atoms with Crippen molar-refractivity contribution in [3.8, 4) is 11.5 Å². The van der Waals surface area contributed by atoms with Crippen LogP contribution in [0, 0.1) is 10.1 Å². The fraction of sp³-hybridized carbons (Fsp3) is 0.385. The fourth-order valence-corrected chi connectivity index (χ4v) is 2.91. The highest BCUT2D eigenvalue weighted by atomic mass is 32.2. The summed E-state index contributed by atoms with van der Waals surface area (Å²) >= 11 is 1.44. The summed E-state index contributed by atoms with van der Waals surface area (Å²) in [6, 6.07) is 6.14. The molecule has 7 nitrogen and oxygen atoms in total. The highest BCUT2D eigenvalue weighted by molar-refractivity contribution is 7.99. The molecule has 0 spiro atoms. The summed E-state index contributed by atoms with van der Waals surface area (Å²) in [5.74, 6) is 1.06. The van der Waals surface area contributed by atoms with E-state index >= 15 is 0 Å². The monoisotopic (exact) mass is 307 g/mol. The second kappa shape index (κ2) is 6.23. The molecule has 1 aliphatic heterocycles. The number of nitro groups is 1. The lowest BCUT2D eigenvalue weighted by atomic mass is 10.2. The molecule has 1 atom stereocenters. The van der Waals surface area contributed by atoms with Crippen LogP contribution in [0.5, 0.6) is 0 Å². The Hall–Kier alpha value is -1.93. The van der Waals surface area contributed by atoms with Crippen LogP contribution in [0.4, 0.5) is 5.69 Å². The molecule has 1 aromatic carbocycles. The van der Waals surface area contributed by atoms with Crippen molar-refractivity contribution in [1.82, 2.24) is 10.2 Å². The molecule has 1 aliphatic rings. The maximum Gasteiger partial charge on any atom is 0.276 e. The van der Waals surface area contributed by atoms with E-state index in [-0.39, 0.29) is 17.7 Å². The summed E-state index contributed by atoms with van der Waals surface area (Å²) in [4.78, 5) is 10.3. The summed E-state index contributed by atoms with van der Waals surface area (Å²) in [5.41, 5.74) is 0.542. The summed E-state index contributed by atoms with van der Waals surface area (Å²) in [6.45, 7) is 0.813. The molecule has 8 heteroatoms. The highest BCUT2D eigenvalue weighted by Gasteiger charge is 2.18. The van der Waals surface area contributed by atoms with E-state index in [0.717, 1.165) is 25.2 Å². The number of benzene rings is 1. The minimum absolute atomic E-state index is 0.000686. The van der Waals surface area contributed by atoms with Crippen molar-refractivity contribution in [2.45, 2.75) is 24.2 Å². The standard InChI is InChI=1S/C13H13N3O4S/c17-16(18)10-4-1-3-9(7-10)12-14-15-13(20-12)21-8-11-5-2-6-19-11/h1,3-4,7,11H,2,5-6,8H2/t11-/m0/s1. The smallest absolute Gasteiger partial charge is 0.276 e. The van der Waals surface area contributed by atoms with E-state index in [0.29, 0.717) is 10.8 Å². The van der Waals surface area contributed by atoms with Crippen molar-refractivity contribution >= 4 is 17.4 Å². The van der Waals surface area contributed by atoms with Gasteiger partial charge in [0.05, 0.1) is 11.0 Å². The predicted octanol–water partition coefficient (Wildman–Crippen LogP) is 2.92. The lowest BCUT2D eigenvalue weighted by Crippen LogP contribution is -2.07. The van der Waals surface area contributed by atoms with E-state index in [1.807, 2.05) is 0 Å². The van der Waals surface area contributed by atoms with Crippen molar-refractivity contribution in [1.29, 1.82) is 0 Å². The molecule has 0 aliphatic carbocycles. The third-order valence-corrected chi connectivity index (χ3v) is 4.08. The van der Waals surface area contributed by atoms with Gasteiger partial charge in [-0.2, -0.15) is 0 Å². The summed E-state index contributed by atoms with van der Waals surface area (Å²) in [5, 5.41) is 19.1. The second-order valence-electron chi connectivity index (χ2n) is 4.63. The van der Waals surface area contributed by atoms with Crippen molar-refractivity contribution in [3.63, 3.8) is 0 Å². The number of ether oxygens (including phenoxy) is 1. The average molecular weight is 307 g/mol. The molecule has 21 heavy (non-hydrogen) atoms. The van der Waals surface area contributed by atoms with Gasteiger partial charge >= 0.3 is 0 Å². The van der Waals surface area contributed by atoms with Gasteiger partial charge in [0.1, 0.15) is 0 Å². The molecule has 2 heterocycles. The Labute approximate surface area is 124 Å². The molecular formula is C13H13N3O4S. The number of non-ortho nitro benzene ring substituents is 1. The van der Waals surface area contributed by atoms with E-state index < -0.39 is 4.92 Å². The number of aromatic nitrogens is 2. The molecule has 0 bridgehead atoms. The molecule has 1 saturated heterocycles. The Bertz CT molecular complexity index is 640. The van der Waals surface area contributed by atoms with Crippen LogP contribution in [0.3, 0.4) is 0 Å². The highest BCUT2D eigenvalue weighted by Crippen LogP contribution is 2.27. The Morgan fingerprint density at radius 1 is 1.43 bits per heavy atom. The van der Waals surface area contributed by atoms with Gasteiger partial charge in [-0.1, -0.05) is 17.8 Å². The Morgan fingerprint density at radius 3 is 3.10 bits per heavy atom. The van der Waals surface area contributed by atoms with Gasteiger partial charge in [0.15, 0.2) is 0 Å². The van der Waals surface area contributed by atoms with Gasteiger partial charge in [0.2, 0.25) is 5.89 Å². The first-order chi connectivity index (χ1) is 10.2. The third kappa shape index (κ3) is 3.40. The van der Waals surface area contributed by atoms with Crippen molar-refractivity contribution < 1.29 is 14.1 Å². The lowest BCUT2D eigenvalue weighted by molar-refractivity contribution is -0.384. The van der Waals surface area contributed by atoms with E-state index in [1.54, 1.807) is 12.1 Å². The van der Waals surface area contributed by atoms with Crippen LogP contribution in [0.15, 0.2) is 33.9 Å². The molecule has 110 valence electrons. The van der Waals surface area contributed by atoms with Gasteiger partial charge in [-0.3, -0.25) is 10.1 Å². The molecule has 1 aromatic heterocycles. The first kappa shape index (κ1) is 14.0. The molecule has 2 aromatic rings. The Morgan fingerprint density at radius 2 is 2.33 bits per heavy atom. The van der Waals surface area contributed by atoms with E-state index in [1.165, 1.54) is 23.9 Å². The van der Waals surface area contributed by atoms with Crippen LogP contribution in [0.2, 0.25) is 0 Å². The minimum Gasteiger partial charge on any atom is -0.411 e. The van der Waals surface area contributed by atoms with Crippen molar-refractivity contribution in [2.24, 2.45) is 0 Å². The van der Waals surface area contributed by atoms with Crippen LogP contribution in [0.1, 0.15) is 12.8 Å². The van der Waals surface area contributed by atoms with Crippen LogP contribution in [-0.2, 0) is 4.74 Å². The SMILES string of the molecule is O=[N+]([O-])c1cccc(-c2nnc(SC[C@@H]3CCCO3)o2)c1. The number of hydrogen-bond donors (Lipinski definition) is 0. The Balaban J connectivity index is 1.69. The summed E-state index contributed by atoms with van der Waals surface area (Å²) in [7, 11) is 0. The maximum atomic E-state index is 10.8. The number of rotatable bonds is 5. The number of thioether (sulfide) groups is 1. The number of hydrogen-bond acceptors (Lipinski definition) is 7. The topological polar surface area (TPSA) is 91.3 Å². The molecular weight excluding hydrogens is 294 g/mol. The average Bonchev–Trinajstić information content (AvgIpc) is 3.17. The van der Waals surface area contributed by atoms with Crippen LogP contribution < -0.4 is 0 Å². The largest absolute Gasteiger partial charge is 0.411 e. The molecule has 3 rings (SSSR count). The molecule has 1 fully saturated rings. The van der Waals surface area contributed by atoms with Crippen molar-refractivity contribution in [2.75, 3.05) is 12.4 Å². The van der Waals surface area contributed by atoms with Gasteiger partial charge in [0.25, 0.3) is 10.9 Å². The summed E-state index contributed by atoms with van der Waals surface area (Å²) < 4.78 is 11.0. The van der Waals surface area contributed by atoms with Gasteiger partial charge in [-0.25, -0.2) is 0 Å². The maximum absolute atomic E-state index is 10.8. The van der Waals surface area contributed by atoms with Crippen LogP contribution >= 0.6 is 11.8 Å². The number of nitrogens with zero attached hydrogens (tertiary/aromatic N) is 3. The van der Waals surface area contributed by atoms with Gasteiger partial charge in [-0.15, -0.1) is 10.2 Å². The second-order valence-corrected chi connectivity index (χ2v) is 5.60. The third-order valence-electron chi connectivity index (χ3n) is 3.13. The van der Waals surface area contributed by atoms with Gasteiger partial charge in [-0.05, 0) is 18.9 Å². The van der Waals surface area contributed by atoms with E-state index in [4.69, 9.17) is 9.15 Å². The van der Waals surface area contributed by atoms with Gasteiger partial charge < -0.3 is 9.15 Å². The van der Waals surface area contributed by atoms with E-state index in [2.05, 4.69) is 10.2 Å². The van der Waals surface area contributed by atoms with Crippen molar-refractivity contribution in [3.05, 3.63) is 34.4 Å². The fourth-order valence-electron chi connectivity index (χ4n) is 2.08. The first-order valence-electron chi connectivity index (χ1n) is 6.55. The minimum atomic E-state index is -0.451. The number of nitro benzene ring substituents is 1. The van der Waals surface area contributed by atoms with Gasteiger partial charge in [0, 0.05) is 30.1 Å². The van der Waals surface area contributed by atoms with Crippen LogP contribution in [0.25, 0.3) is 11.5 Å². The molecule has 0 N–H and O–H groups in total. The zero-order valence-electron chi connectivity index (χ0n) is 11.1. The molecule has 0 unspecified atom stereocenters. The zero-order chi connectivity index (χ0) is 14.7. The van der Waals surface area contributed by atoms with E-state index in [9.17, 15) is 10.1 Å². The van der Waals surface area contributed by atoms with Crippen LogP contribution in [-0.4, -0.2) is 33.6 Å². The predicted molar refractivity (Wildman–Crippen MR) is 76.1 cm³/mol. The quantitative estimate of drug-likeness (QED) is 0.476. The summed E-state index contributed by atoms with van der Waals surface area (Å²) in [6.07, 6.45) is 2.38. The molecule has 0 saturated carbocycles. The zero-order valence-corrected chi connectivity index (χ0v) is 11.9.